The highest BCUT2D eigenvalue weighted by atomic mass is 32.2. The highest BCUT2D eigenvalue weighted by molar-refractivity contribution is 7.98. The molecule has 0 fully saturated rings. The van der Waals surface area contributed by atoms with E-state index in [4.69, 9.17) is 4.74 Å². The monoisotopic (exact) mass is 250 g/mol. The van der Waals surface area contributed by atoms with Crippen molar-refractivity contribution in [2.75, 3.05) is 13.4 Å². The van der Waals surface area contributed by atoms with Crippen LogP contribution in [0.25, 0.3) is 5.69 Å². The number of rotatable bonds is 4. The fourth-order valence-electron chi connectivity index (χ4n) is 1.41. The number of carbonyl (C=O) groups excluding carboxylic acids is 1. The van der Waals surface area contributed by atoms with Crippen LogP contribution in [0.2, 0.25) is 0 Å². The molecule has 0 unspecified atom stereocenters. The first-order valence-corrected chi connectivity index (χ1v) is 5.98. The second-order valence-electron chi connectivity index (χ2n) is 3.12. The van der Waals surface area contributed by atoms with Gasteiger partial charge in [-0.2, -0.15) is 4.68 Å². The number of aromatic nitrogens is 4. The third-order valence-electron chi connectivity index (χ3n) is 2.21. The standard InChI is InChI=1S/C10H10N4O2S/c1-16-9-4-3-8(5-7(9)6-15)14-10(17-2)11-12-13-14/h3-6H,1-2H3. The molecule has 7 heteroatoms. The fraction of sp³-hybridized carbons (Fsp3) is 0.200. The van der Waals surface area contributed by atoms with Crippen LogP contribution in [0, 0.1) is 0 Å². The average Bonchev–Trinajstić information content (AvgIpc) is 2.86. The van der Waals surface area contributed by atoms with Crippen LogP contribution >= 0.6 is 11.8 Å². The molecule has 0 aliphatic carbocycles. The Morgan fingerprint density at radius 1 is 1.47 bits per heavy atom. The third-order valence-corrected chi connectivity index (χ3v) is 2.83. The lowest BCUT2D eigenvalue weighted by Gasteiger charge is -2.06. The molecule has 0 saturated carbocycles. The Labute approximate surface area is 102 Å². The highest BCUT2D eigenvalue weighted by Gasteiger charge is 2.09. The summed E-state index contributed by atoms with van der Waals surface area (Å²) in [5.41, 5.74) is 1.19. The number of tetrazole rings is 1. The summed E-state index contributed by atoms with van der Waals surface area (Å²) in [5, 5.41) is 12.0. The lowest BCUT2D eigenvalue weighted by molar-refractivity contribution is 0.112. The number of thioether (sulfide) groups is 1. The molecule has 0 aliphatic heterocycles. The molecular formula is C10H10N4O2S. The zero-order valence-electron chi connectivity index (χ0n) is 9.32. The molecule has 2 aromatic rings. The van der Waals surface area contributed by atoms with Gasteiger partial charge in [0.05, 0.1) is 18.4 Å². The maximum atomic E-state index is 10.9. The van der Waals surface area contributed by atoms with Crippen LogP contribution in [0.15, 0.2) is 23.4 Å². The van der Waals surface area contributed by atoms with Gasteiger partial charge in [-0.05, 0) is 34.9 Å². The number of benzene rings is 1. The van der Waals surface area contributed by atoms with Crippen molar-refractivity contribution < 1.29 is 9.53 Å². The third kappa shape index (κ3) is 2.14. The summed E-state index contributed by atoms with van der Waals surface area (Å²) >= 11 is 1.43. The number of carbonyl (C=O) groups is 1. The summed E-state index contributed by atoms with van der Waals surface area (Å²) in [4.78, 5) is 10.9. The van der Waals surface area contributed by atoms with E-state index in [1.54, 1.807) is 22.9 Å². The summed E-state index contributed by atoms with van der Waals surface area (Å²) in [6.45, 7) is 0. The molecule has 0 N–H and O–H groups in total. The predicted molar refractivity (Wildman–Crippen MR) is 62.9 cm³/mol. The van der Waals surface area contributed by atoms with Gasteiger partial charge < -0.3 is 4.74 Å². The van der Waals surface area contributed by atoms with Crippen LogP contribution in [0.4, 0.5) is 0 Å². The quantitative estimate of drug-likeness (QED) is 0.600. The molecule has 0 bridgehead atoms. The van der Waals surface area contributed by atoms with Crippen molar-refractivity contribution in [3.63, 3.8) is 0 Å². The van der Waals surface area contributed by atoms with E-state index in [0.29, 0.717) is 16.5 Å². The minimum atomic E-state index is 0.465. The van der Waals surface area contributed by atoms with Gasteiger partial charge >= 0.3 is 0 Å². The molecule has 88 valence electrons. The van der Waals surface area contributed by atoms with Gasteiger partial charge in [-0.1, -0.05) is 11.8 Å². The smallest absolute Gasteiger partial charge is 0.213 e. The number of ether oxygens (including phenoxy) is 1. The molecule has 1 aromatic carbocycles. The zero-order chi connectivity index (χ0) is 12.3. The number of hydrogen-bond acceptors (Lipinski definition) is 6. The van der Waals surface area contributed by atoms with Crippen molar-refractivity contribution in [2.45, 2.75) is 5.16 Å². The summed E-state index contributed by atoms with van der Waals surface area (Å²) in [5.74, 6) is 0.530. The van der Waals surface area contributed by atoms with Crippen LogP contribution in [-0.4, -0.2) is 39.9 Å². The topological polar surface area (TPSA) is 69.9 Å². The second-order valence-corrected chi connectivity index (χ2v) is 3.89. The lowest BCUT2D eigenvalue weighted by atomic mass is 10.2. The van der Waals surface area contributed by atoms with Crippen LogP contribution in [-0.2, 0) is 0 Å². The molecule has 0 radical (unpaired) electrons. The molecule has 17 heavy (non-hydrogen) atoms. The Morgan fingerprint density at radius 3 is 2.94 bits per heavy atom. The summed E-state index contributed by atoms with van der Waals surface area (Å²) in [6, 6.07) is 5.19. The maximum Gasteiger partial charge on any atom is 0.213 e. The fourth-order valence-corrected chi connectivity index (χ4v) is 1.85. The first-order chi connectivity index (χ1) is 8.30. The number of aldehydes is 1. The predicted octanol–water partition coefficient (Wildman–Crippen LogP) is 1.21. The van der Waals surface area contributed by atoms with Crippen molar-refractivity contribution in [2.24, 2.45) is 0 Å². The van der Waals surface area contributed by atoms with E-state index in [2.05, 4.69) is 15.5 Å². The van der Waals surface area contributed by atoms with Gasteiger partial charge in [0.25, 0.3) is 0 Å². The van der Waals surface area contributed by atoms with E-state index < -0.39 is 0 Å². The SMILES string of the molecule is COc1ccc(-n2nnnc2SC)cc1C=O. The van der Waals surface area contributed by atoms with Crippen molar-refractivity contribution in [3.8, 4) is 11.4 Å². The van der Waals surface area contributed by atoms with E-state index in [1.165, 1.54) is 18.9 Å². The Bertz CT molecular complexity index is 541. The molecule has 2 rings (SSSR count). The number of hydrogen-bond donors (Lipinski definition) is 0. The first kappa shape index (κ1) is 11.6. The van der Waals surface area contributed by atoms with E-state index in [-0.39, 0.29) is 0 Å². The zero-order valence-corrected chi connectivity index (χ0v) is 10.1. The average molecular weight is 250 g/mol. The normalized spacial score (nSPS) is 10.2. The van der Waals surface area contributed by atoms with Crippen LogP contribution < -0.4 is 4.74 Å². The summed E-state index contributed by atoms with van der Waals surface area (Å²) in [7, 11) is 1.52. The Kier molecular flexibility index (Phi) is 3.38. The van der Waals surface area contributed by atoms with E-state index >= 15 is 0 Å². The van der Waals surface area contributed by atoms with E-state index in [0.717, 1.165) is 12.0 Å². The van der Waals surface area contributed by atoms with Crippen molar-refractivity contribution in [3.05, 3.63) is 23.8 Å². The van der Waals surface area contributed by atoms with E-state index in [1.807, 2.05) is 6.26 Å². The molecule has 0 atom stereocenters. The van der Waals surface area contributed by atoms with Crippen LogP contribution in [0.3, 0.4) is 0 Å². The Balaban J connectivity index is 2.50. The Morgan fingerprint density at radius 2 is 2.29 bits per heavy atom. The molecule has 1 aromatic heterocycles. The van der Waals surface area contributed by atoms with Gasteiger partial charge in [-0.3, -0.25) is 4.79 Å². The number of nitrogens with zero attached hydrogens (tertiary/aromatic N) is 4. The Hall–Kier alpha value is -1.89. The summed E-state index contributed by atoms with van der Waals surface area (Å²) in [6.07, 6.45) is 2.62. The minimum Gasteiger partial charge on any atom is -0.496 e. The molecule has 1 heterocycles. The molecule has 0 saturated heterocycles. The molecule has 0 amide bonds. The van der Waals surface area contributed by atoms with E-state index in [9.17, 15) is 4.79 Å². The van der Waals surface area contributed by atoms with Gasteiger partial charge in [-0.15, -0.1) is 5.10 Å². The molecular weight excluding hydrogens is 240 g/mol. The van der Waals surface area contributed by atoms with Gasteiger partial charge in [0.1, 0.15) is 5.75 Å². The van der Waals surface area contributed by atoms with Crippen LogP contribution in [0.1, 0.15) is 10.4 Å². The van der Waals surface area contributed by atoms with Crippen molar-refractivity contribution >= 4 is 18.0 Å². The van der Waals surface area contributed by atoms with Crippen LogP contribution in [0.5, 0.6) is 5.75 Å². The molecule has 0 aliphatic rings. The van der Waals surface area contributed by atoms with Gasteiger partial charge in [0, 0.05) is 0 Å². The number of methoxy groups -OCH3 is 1. The minimum absolute atomic E-state index is 0.465. The summed E-state index contributed by atoms with van der Waals surface area (Å²) < 4.78 is 6.63. The van der Waals surface area contributed by atoms with Gasteiger partial charge in [0.2, 0.25) is 5.16 Å². The first-order valence-electron chi connectivity index (χ1n) is 4.76. The largest absolute Gasteiger partial charge is 0.496 e. The highest BCUT2D eigenvalue weighted by Crippen LogP contribution is 2.22. The molecule has 0 spiro atoms. The van der Waals surface area contributed by atoms with Gasteiger partial charge in [0.15, 0.2) is 6.29 Å². The van der Waals surface area contributed by atoms with Crippen molar-refractivity contribution in [1.82, 2.24) is 20.2 Å². The lowest BCUT2D eigenvalue weighted by Crippen LogP contribution is -2.00. The van der Waals surface area contributed by atoms with Gasteiger partial charge in [-0.25, -0.2) is 0 Å². The maximum absolute atomic E-state index is 10.9. The molecule has 6 nitrogen and oxygen atoms in total. The second kappa shape index (κ2) is 4.96. The van der Waals surface area contributed by atoms with Crippen molar-refractivity contribution in [1.29, 1.82) is 0 Å².